The van der Waals surface area contributed by atoms with Crippen LogP contribution in [0.3, 0.4) is 0 Å². The van der Waals surface area contributed by atoms with Crippen molar-refractivity contribution in [3.8, 4) is 0 Å². The lowest BCUT2D eigenvalue weighted by Gasteiger charge is -2.24. The van der Waals surface area contributed by atoms with Gasteiger partial charge in [0, 0.05) is 0 Å². The zero-order valence-electron chi connectivity index (χ0n) is 21.0. The molecule has 0 radical (unpaired) electrons. The van der Waals surface area contributed by atoms with Gasteiger partial charge in [0.15, 0.2) is 0 Å². The lowest BCUT2D eigenvalue weighted by molar-refractivity contribution is 0.234. The third-order valence-electron chi connectivity index (χ3n) is 6.92. The van der Waals surface area contributed by atoms with E-state index < -0.39 is 0 Å². The number of rotatable bonds is 18. The second-order valence-corrected chi connectivity index (χ2v) is 9.77. The molecule has 180 valence electrons. The highest BCUT2D eigenvalue weighted by Crippen LogP contribution is 2.35. The van der Waals surface area contributed by atoms with Crippen molar-refractivity contribution in [1.29, 1.82) is 0 Å². The molecule has 0 aromatic heterocycles. The van der Waals surface area contributed by atoms with E-state index in [-0.39, 0.29) is 0 Å². The fraction of sp³-hybridized carbons (Fsp3) is 0.677. The molecule has 1 heteroatoms. The quantitative estimate of drug-likeness (QED) is 0.126. The maximum absolute atomic E-state index is 5.86. The van der Waals surface area contributed by atoms with E-state index in [9.17, 15) is 0 Å². The van der Waals surface area contributed by atoms with Gasteiger partial charge in [-0.2, -0.15) is 0 Å². The van der Waals surface area contributed by atoms with Gasteiger partial charge in [0.05, 0.1) is 12.9 Å². The van der Waals surface area contributed by atoms with Crippen LogP contribution < -0.4 is 0 Å². The average Bonchev–Trinajstić information content (AvgIpc) is 2.84. The van der Waals surface area contributed by atoms with Crippen LogP contribution in [0.25, 0.3) is 0 Å². The molecule has 0 spiro atoms. The fourth-order valence-corrected chi connectivity index (χ4v) is 4.77. The molecule has 0 heterocycles. The molecule has 1 saturated carbocycles. The standard InChI is InChI=1S/C31H50O/c1-2-3-4-5-6-7-8-9-10-11-12-13-14-15-16-20-27-32-28-29-23-25-31(26-24-29)30-21-18-17-19-22-30/h9-10,17-19,21-22,28,31H,2-8,11-16,20,23-27H2,1H3/b10-9+,29-28?. The van der Waals surface area contributed by atoms with Crippen molar-refractivity contribution < 1.29 is 4.74 Å². The molecule has 1 aromatic rings. The summed E-state index contributed by atoms with van der Waals surface area (Å²) < 4.78 is 5.86. The van der Waals surface area contributed by atoms with E-state index in [4.69, 9.17) is 4.74 Å². The highest BCUT2D eigenvalue weighted by atomic mass is 16.5. The predicted molar refractivity (Wildman–Crippen MR) is 141 cm³/mol. The maximum Gasteiger partial charge on any atom is 0.0873 e. The van der Waals surface area contributed by atoms with Crippen molar-refractivity contribution in [3.05, 3.63) is 59.9 Å². The minimum atomic E-state index is 0.740. The van der Waals surface area contributed by atoms with Crippen LogP contribution in [0.15, 0.2) is 54.3 Å². The van der Waals surface area contributed by atoms with Crippen LogP contribution in [0, 0.1) is 0 Å². The van der Waals surface area contributed by atoms with Gasteiger partial charge in [-0.3, -0.25) is 0 Å². The summed E-state index contributed by atoms with van der Waals surface area (Å²) in [5.41, 5.74) is 3.03. The van der Waals surface area contributed by atoms with Crippen LogP contribution >= 0.6 is 0 Å². The number of hydrogen-bond acceptors (Lipinski definition) is 1. The summed E-state index contributed by atoms with van der Waals surface area (Å²) in [6.07, 6.45) is 30.8. The minimum Gasteiger partial charge on any atom is -0.501 e. The normalized spacial score (nSPS) is 16.5. The first-order chi connectivity index (χ1) is 15.9. The van der Waals surface area contributed by atoms with E-state index in [0.29, 0.717) is 0 Å². The molecule has 1 aliphatic rings. The Hall–Kier alpha value is -1.50. The largest absolute Gasteiger partial charge is 0.501 e. The number of hydrogen-bond donors (Lipinski definition) is 0. The third kappa shape index (κ3) is 13.1. The molecule has 0 amide bonds. The summed E-state index contributed by atoms with van der Waals surface area (Å²) in [6, 6.07) is 11.0. The maximum atomic E-state index is 5.86. The molecular weight excluding hydrogens is 388 g/mol. The van der Waals surface area contributed by atoms with Crippen molar-refractivity contribution in [2.75, 3.05) is 6.61 Å². The molecule has 0 saturated heterocycles. The molecule has 1 nitrogen and oxygen atoms in total. The van der Waals surface area contributed by atoms with Crippen LogP contribution in [0.1, 0.15) is 134 Å². The highest BCUT2D eigenvalue weighted by molar-refractivity contribution is 5.21. The predicted octanol–water partition coefficient (Wildman–Crippen LogP) is 10.3. The first kappa shape index (κ1) is 26.7. The van der Waals surface area contributed by atoms with Gasteiger partial charge in [0.1, 0.15) is 0 Å². The molecule has 0 N–H and O–H groups in total. The molecular formula is C31H50O. The summed E-state index contributed by atoms with van der Waals surface area (Å²) in [7, 11) is 0. The first-order valence-corrected chi connectivity index (χ1v) is 13.9. The van der Waals surface area contributed by atoms with Crippen molar-refractivity contribution in [3.63, 3.8) is 0 Å². The Labute approximate surface area is 199 Å². The smallest absolute Gasteiger partial charge is 0.0873 e. The Kier molecular flexibility index (Phi) is 15.9. The van der Waals surface area contributed by atoms with Gasteiger partial charge in [-0.05, 0) is 74.8 Å². The molecule has 2 rings (SSSR count). The van der Waals surface area contributed by atoms with Gasteiger partial charge in [-0.15, -0.1) is 0 Å². The molecule has 0 bridgehead atoms. The number of ether oxygens (including phenoxy) is 1. The first-order valence-electron chi connectivity index (χ1n) is 13.9. The lowest BCUT2D eigenvalue weighted by Crippen LogP contribution is -2.07. The van der Waals surface area contributed by atoms with Crippen LogP contribution in [0.4, 0.5) is 0 Å². The van der Waals surface area contributed by atoms with Gasteiger partial charge in [0.2, 0.25) is 0 Å². The SMILES string of the molecule is CCCCCCCC/C=C/CCCCCCCCOC=C1CCC(c2ccccc2)CC1. The second kappa shape index (κ2) is 19.0. The molecule has 1 aliphatic carbocycles. The molecule has 0 aliphatic heterocycles. The Morgan fingerprint density at radius 3 is 1.91 bits per heavy atom. The Balaban J connectivity index is 1.33. The monoisotopic (exact) mass is 438 g/mol. The van der Waals surface area contributed by atoms with E-state index in [0.717, 1.165) is 12.5 Å². The van der Waals surface area contributed by atoms with E-state index in [1.165, 1.54) is 127 Å². The Morgan fingerprint density at radius 1 is 0.719 bits per heavy atom. The average molecular weight is 439 g/mol. The third-order valence-corrected chi connectivity index (χ3v) is 6.92. The van der Waals surface area contributed by atoms with Gasteiger partial charge < -0.3 is 4.74 Å². The van der Waals surface area contributed by atoms with Crippen molar-refractivity contribution >= 4 is 0 Å². The zero-order valence-corrected chi connectivity index (χ0v) is 21.0. The van der Waals surface area contributed by atoms with Crippen LogP contribution in [0.5, 0.6) is 0 Å². The summed E-state index contributed by atoms with van der Waals surface area (Å²) in [5.74, 6) is 0.740. The van der Waals surface area contributed by atoms with E-state index in [2.05, 4.69) is 55.7 Å². The van der Waals surface area contributed by atoms with E-state index in [1.54, 1.807) is 0 Å². The minimum absolute atomic E-state index is 0.740. The van der Waals surface area contributed by atoms with Gasteiger partial charge >= 0.3 is 0 Å². The molecule has 32 heavy (non-hydrogen) atoms. The topological polar surface area (TPSA) is 9.23 Å². The highest BCUT2D eigenvalue weighted by Gasteiger charge is 2.18. The van der Waals surface area contributed by atoms with Gasteiger partial charge in [-0.1, -0.05) is 107 Å². The van der Waals surface area contributed by atoms with Crippen molar-refractivity contribution in [2.24, 2.45) is 0 Å². The van der Waals surface area contributed by atoms with Gasteiger partial charge in [-0.25, -0.2) is 0 Å². The number of allylic oxidation sites excluding steroid dienone is 3. The van der Waals surface area contributed by atoms with Crippen molar-refractivity contribution in [2.45, 2.75) is 128 Å². The van der Waals surface area contributed by atoms with E-state index >= 15 is 0 Å². The molecule has 0 atom stereocenters. The second-order valence-electron chi connectivity index (χ2n) is 9.77. The summed E-state index contributed by atoms with van der Waals surface area (Å²) >= 11 is 0. The Bertz CT molecular complexity index is 590. The summed E-state index contributed by atoms with van der Waals surface area (Å²) in [4.78, 5) is 0. The fourth-order valence-electron chi connectivity index (χ4n) is 4.77. The van der Waals surface area contributed by atoms with Crippen LogP contribution in [-0.4, -0.2) is 6.61 Å². The molecule has 0 unspecified atom stereocenters. The van der Waals surface area contributed by atoms with Crippen LogP contribution in [0.2, 0.25) is 0 Å². The van der Waals surface area contributed by atoms with Crippen molar-refractivity contribution in [1.82, 2.24) is 0 Å². The summed E-state index contributed by atoms with van der Waals surface area (Å²) in [5, 5.41) is 0. The summed E-state index contributed by atoms with van der Waals surface area (Å²) in [6.45, 7) is 3.18. The lowest BCUT2D eigenvalue weighted by atomic mass is 9.82. The molecule has 1 fully saturated rings. The number of benzene rings is 1. The van der Waals surface area contributed by atoms with E-state index in [1.807, 2.05) is 0 Å². The zero-order chi connectivity index (χ0) is 22.5. The van der Waals surface area contributed by atoms with Crippen LogP contribution in [-0.2, 0) is 4.74 Å². The number of unbranched alkanes of at least 4 members (excludes halogenated alkanes) is 12. The van der Waals surface area contributed by atoms with Gasteiger partial charge in [0.25, 0.3) is 0 Å². The Morgan fingerprint density at radius 2 is 1.28 bits per heavy atom. The molecule has 1 aromatic carbocycles.